The van der Waals surface area contributed by atoms with E-state index in [-0.39, 0.29) is 17.9 Å². The molecular formula is C15H18N2O3. The van der Waals surface area contributed by atoms with E-state index in [2.05, 4.69) is 0 Å². The van der Waals surface area contributed by atoms with Gasteiger partial charge >= 0.3 is 5.97 Å². The summed E-state index contributed by atoms with van der Waals surface area (Å²) in [5, 5.41) is 8.87. The Balaban J connectivity index is 1.73. The Hall–Kier alpha value is -1.88. The number of benzene rings is 1. The second-order valence-corrected chi connectivity index (χ2v) is 5.85. The molecule has 1 unspecified atom stereocenters. The van der Waals surface area contributed by atoms with Gasteiger partial charge in [-0.25, -0.2) is 0 Å². The molecule has 0 radical (unpaired) electrons. The van der Waals surface area contributed by atoms with Gasteiger partial charge in [0.15, 0.2) is 0 Å². The highest BCUT2D eigenvalue weighted by molar-refractivity contribution is 5.96. The quantitative estimate of drug-likeness (QED) is 0.899. The van der Waals surface area contributed by atoms with Crippen LogP contribution in [0.25, 0.3) is 0 Å². The fourth-order valence-corrected chi connectivity index (χ4v) is 3.37. The highest BCUT2D eigenvalue weighted by Gasteiger charge is 2.47. The number of anilines is 1. The van der Waals surface area contributed by atoms with Crippen LogP contribution in [-0.2, 0) is 9.59 Å². The summed E-state index contributed by atoms with van der Waals surface area (Å²) in [5.74, 6) is -0.653. The van der Waals surface area contributed by atoms with Crippen LogP contribution < -0.4 is 4.90 Å². The van der Waals surface area contributed by atoms with Crippen LogP contribution in [0.15, 0.2) is 30.3 Å². The van der Waals surface area contributed by atoms with Gasteiger partial charge in [-0.1, -0.05) is 18.2 Å². The van der Waals surface area contributed by atoms with Crippen molar-refractivity contribution >= 4 is 17.6 Å². The van der Waals surface area contributed by atoms with E-state index in [1.165, 1.54) is 0 Å². The van der Waals surface area contributed by atoms with Crippen molar-refractivity contribution in [3.8, 4) is 0 Å². The normalized spacial score (nSPS) is 26.6. The smallest absolute Gasteiger partial charge is 0.317 e. The molecule has 20 heavy (non-hydrogen) atoms. The Morgan fingerprint density at radius 3 is 2.70 bits per heavy atom. The lowest BCUT2D eigenvalue weighted by atomic mass is 9.86. The van der Waals surface area contributed by atoms with Gasteiger partial charge in [0.1, 0.15) is 0 Å². The number of hydrogen-bond acceptors (Lipinski definition) is 3. The number of carbonyl (C=O) groups excluding carboxylic acids is 1. The van der Waals surface area contributed by atoms with Crippen molar-refractivity contribution in [2.75, 3.05) is 31.1 Å². The summed E-state index contributed by atoms with van der Waals surface area (Å²) in [4.78, 5) is 26.8. The Kier molecular flexibility index (Phi) is 3.22. The maximum Gasteiger partial charge on any atom is 0.317 e. The molecule has 1 atom stereocenters. The second kappa shape index (κ2) is 4.90. The monoisotopic (exact) mass is 274 g/mol. The number of nitrogens with zero attached hydrogens (tertiary/aromatic N) is 2. The van der Waals surface area contributed by atoms with Crippen molar-refractivity contribution in [3.05, 3.63) is 30.3 Å². The van der Waals surface area contributed by atoms with Gasteiger partial charge in [0.25, 0.3) is 0 Å². The fourth-order valence-electron chi connectivity index (χ4n) is 3.37. The van der Waals surface area contributed by atoms with Gasteiger partial charge in [0.2, 0.25) is 5.91 Å². The zero-order valence-electron chi connectivity index (χ0n) is 11.3. The Morgan fingerprint density at radius 2 is 2.00 bits per heavy atom. The summed E-state index contributed by atoms with van der Waals surface area (Å²) in [7, 11) is 0. The molecule has 0 saturated carbocycles. The van der Waals surface area contributed by atoms with Crippen LogP contribution in [-0.4, -0.2) is 48.1 Å². The summed E-state index contributed by atoms with van der Waals surface area (Å²) in [6.45, 7) is 2.24. The van der Waals surface area contributed by atoms with Crippen molar-refractivity contribution in [2.24, 2.45) is 5.41 Å². The molecule has 1 aromatic carbocycles. The van der Waals surface area contributed by atoms with Crippen molar-refractivity contribution in [2.45, 2.75) is 12.8 Å². The Morgan fingerprint density at radius 1 is 1.25 bits per heavy atom. The van der Waals surface area contributed by atoms with E-state index >= 15 is 0 Å². The number of carbonyl (C=O) groups is 2. The van der Waals surface area contributed by atoms with Crippen molar-refractivity contribution in [1.82, 2.24) is 4.90 Å². The number of carboxylic acids is 1. The molecule has 0 aromatic heterocycles. The summed E-state index contributed by atoms with van der Waals surface area (Å²) in [6, 6.07) is 9.68. The zero-order valence-corrected chi connectivity index (χ0v) is 11.3. The number of carboxylic acid groups (broad SMARTS) is 1. The summed E-state index contributed by atoms with van der Waals surface area (Å²) in [6.07, 6.45) is 1.42. The molecule has 5 nitrogen and oxygen atoms in total. The van der Waals surface area contributed by atoms with Crippen LogP contribution in [0.5, 0.6) is 0 Å². The van der Waals surface area contributed by atoms with Gasteiger partial charge in [-0.2, -0.15) is 0 Å². The molecular weight excluding hydrogens is 256 g/mol. The maximum atomic E-state index is 12.3. The standard InChI is InChI=1S/C15H18N2O3/c18-13-8-15(6-7-16(10-15)9-14(19)20)11-17(13)12-4-2-1-3-5-12/h1-5H,6-11H2,(H,19,20). The third kappa shape index (κ3) is 2.41. The second-order valence-electron chi connectivity index (χ2n) is 5.85. The predicted molar refractivity (Wildman–Crippen MR) is 74.5 cm³/mol. The Labute approximate surface area is 117 Å². The Bertz CT molecular complexity index is 531. The number of hydrogen-bond donors (Lipinski definition) is 1. The van der Waals surface area contributed by atoms with Crippen LogP contribution in [0.2, 0.25) is 0 Å². The molecule has 2 aliphatic heterocycles. The van der Waals surface area contributed by atoms with E-state index in [4.69, 9.17) is 5.11 Å². The molecule has 106 valence electrons. The third-order valence-electron chi connectivity index (χ3n) is 4.26. The van der Waals surface area contributed by atoms with Gasteiger partial charge in [0, 0.05) is 30.6 Å². The van der Waals surface area contributed by atoms with Crippen LogP contribution in [0.4, 0.5) is 5.69 Å². The molecule has 2 aliphatic rings. The number of aliphatic carboxylic acids is 1. The number of rotatable bonds is 3. The first-order valence-corrected chi connectivity index (χ1v) is 6.88. The highest BCUT2D eigenvalue weighted by atomic mass is 16.4. The van der Waals surface area contributed by atoms with Gasteiger partial charge in [0.05, 0.1) is 6.54 Å². The molecule has 0 bridgehead atoms. The van der Waals surface area contributed by atoms with Gasteiger partial charge in [-0.05, 0) is 25.1 Å². The molecule has 3 rings (SSSR count). The first kappa shape index (κ1) is 13.1. The van der Waals surface area contributed by atoms with E-state index in [0.717, 1.165) is 18.7 Å². The van der Waals surface area contributed by atoms with E-state index in [1.807, 2.05) is 40.1 Å². The number of likely N-dealkylation sites (tertiary alicyclic amines) is 1. The summed E-state index contributed by atoms with van der Waals surface area (Å²) in [5.41, 5.74) is 0.869. The SMILES string of the molecule is O=C(O)CN1CCC2(CC(=O)N(c3ccccc3)C2)C1. The molecule has 1 amide bonds. The minimum Gasteiger partial charge on any atom is -0.480 e. The molecule has 1 spiro atoms. The van der Waals surface area contributed by atoms with E-state index in [1.54, 1.807) is 0 Å². The lowest BCUT2D eigenvalue weighted by molar-refractivity contribution is -0.138. The third-order valence-corrected chi connectivity index (χ3v) is 4.26. The molecule has 1 aromatic rings. The minimum atomic E-state index is -0.800. The van der Waals surface area contributed by atoms with E-state index < -0.39 is 5.97 Å². The topological polar surface area (TPSA) is 60.9 Å². The van der Waals surface area contributed by atoms with Crippen LogP contribution >= 0.6 is 0 Å². The average Bonchev–Trinajstić information content (AvgIpc) is 2.94. The fraction of sp³-hybridized carbons (Fsp3) is 0.467. The first-order valence-electron chi connectivity index (χ1n) is 6.88. The molecule has 2 saturated heterocycles. The molecule has 0 aliphatic carbocycles. The van der Waals surface area contributed by atoms with Crippen LogP contribution in [0.1, 0.15) is 12.8 Å². The van der Waals surface area contributed by atoms with Gasteiger partial charge < -0.3 is 10.0 Å². The van der Waals surface area contributed by atoms with E-state index in [0.29, 0.717) is 19.5 Å². The molecule has 5 heteroatoms. The van der Waals surface area contributed by atoms with Crippen molar-refractivity contribution in [1.29, 1.82) is 0 Å². The number of para-hydroxylation sites is 1. The molecule has 1 N–H and O–H groups in total. The molecule has 2 heterocycles. The summed E-state index contributed by atoms with van der Waals surface area (Å²) >= 11 is 0. The first-order chi connectivity index (χ1) is 9.58. The molecule has 2 fully saturated rings. The lowest BCUT2D eigenvalue weighted by Gasteiger charge is -2.23. The average molecular weight is 274 g/mol. The van der Waals surface area contributed by atoms with Crippen molar-refractivity contribution in [3.63, 3.8) is 0 Å². The largest absolute Gasteiger partial charge is 0.480 e. The van der Waals surface area contributed by atoms with Gasteiger partial charge in [-0.15, -0.1) is 0 Å². The van der Waals surface area contributed by atoms with Gasteiger partial charge in [-0.3, -0.25) is 14.5 Å². The van der Waals surface area contributed by atoms with Crippen LogP contribution in [0.3, 0.4) is 0 Å². The van der Waals surface area contributed by atoms with E-state index in [9.17, 15) is 9.59 Å². The highest BCUT2D eigenvalue weighted by Crippen LogP contribution is 2.41. The zero-order chi connectivity index (χ0) is 14.2. The maximum absolute atomic E-state index is 12.3. The summed E-state index contributed by atoms with van der Waals surface area (Å²) < 4.78 is 0. The van der Waals surface area contributed by atoms with Crippen molar-refractivity contribution < 1.29 is 14.7 Å². The minimum absolute atomic E-state index is 0.0671. The number of amides is 1. The predicted octanol–water partition coefficient (Wildman–Crippen LogP) is 1.20. The lowest BCUT2D eigenvalue weighted by Crippen LogP contribution is -2.33. The van der Waals surface area contributed by atoms with Crippen LogP contribution in [0, 0.1) is 5.41 Å².